The number of pyridine rings is 1. The van der Waals surface area contributed by atoms with Crippen LogP contribution in [-0.4, -0.2) is 66.7 Å². The van der Waals surface area contributed by atoms with Crippen LogP contribution in [0.4, 0.5) is 17.3 Å². The molecule has 182 valence electrons. The van der Waals surface area contributed by atoms with Crippen molar-refractivity contribution >= 4 is 28.9 Å². The summed E-state index contributed by atoms with van der Waals surface area (Å²) in [5, 5.41) is 30.7. The molecule has 1 amide bonds. The normalized spacial score (nSPS) is 11.3. The quantitative estimate of drug-likeness (QED) is 0.287. The molecular formula is C22H25N9O4. The van der Waals surface area contributed by atoms with Crippen LogP contribution in [0.2, 0.25) is 0 Å². The fraction of sp³-hybridized carbons (Fsp3) is 0.273. The van der Waals surface area contributed by atoms with Gasteiger partial charge in [0.25, 0.3) is 11.5 Å². The number of aliphatic hydroxyl groups is 1. The van der Waals surface area contributed by atoms with Gasteiger partial charge in [0.1, 0.15) is 22.9 Å². The van der Waals surface area contributed by atoms with Crippen molar-refractivity contribution in [2.45, 2.75) is 19.4 Å². The van der Waals surface area contributed by atoms with Crippen molar-refractivity contribution < 1.29 is 14.6 Å². The first-order chi connectivity index (χ1) is 16.7. The Labute approximate surface area is 199 Å². The number of rotatable bonds is 8. The van der Waals surface area contributed by atoms with Crippen LogP contribution in [0.3, 0.4) is 0 Å². The number of carbonyl (C=O) groups is 1. The first kappa shape index (κ1) is 23.6. The number of fused-ring (bicyclic) bond motifs is 1. The number of aromatic nitrogens is 6. The summed E-state index contributed by atoms with van der Waals surface area (Å²) in [4.78, 5) is 30.3. The molecule has 0 aliphatic heterocycles. The number of carbonyl (C=O) groups excluding carboxylic acids is 1. The van der Waals surface area contributed by atoms with Gasteiger partial charge in [-0.25, -0.2) is 4.98 Å². The highest BCUT2D eigenvalue weighted by Crippen LogP contribution is 2.21. The number of nitrogens with zero attached hydrogens (tertiary/aromatic N) is 6. The largest absolute Gasteiger partial charge is 0.480 e. The van der Waals surface area contributed by atoms with Crippen molar-refractivity contribution in [3.05, 3.63) is 58.6 Å². The van der Waals surface area contributed by atoms with E-state index in [0.29, 0.717) is 23.3 Å². The van der Waals surface area contributed by atoms with Crippen molar-refractivity contribution in [3.8, 4) is 11.7 Å². The van der Waals surface area contributed by atoms with Gasteiger partial charge in [-0.05, 0) is 32.0 Å². The fourth-order valence-electron chi connectivity index (χ4n) is 3.21. The SMILES string of the molecule is CNc1cc(Nc2cccn(-c3ccc(OC)nn3)c2=O)nc2c(C(=O)NCC(C)(C)O)cnn12. The van der Waals surface area contributed by atoms with Crippen molar-refractivity contribution in [3.63, 3.8) is 0 Å². The maximum absolute atomic E-state index is 13.1. The third-order valence-corrected chi connectivity index (χ3v) is 4.95. The molecule has 0 aliphatic carbocycles. The van der Waals surface area contributed by atoms with Gasteiger partial charge < -0.3 is 25.8 Å². The maximum atomic E-state index is 13.1. The lowest BCUT2D eigenvalue weighted by Crippen LogP contribution is -2.38. The van der Waals surface area contributed by atoms with Crippen LogP contribution in [0.15, 0.2) is 47.5 Å². The molecule has 0 spiro atoms. The molecule has 0 fully saturated rings. The average molecular weight is 480 g/mol. The van der Waals surface area contributed by atoms with E-state index in [-0.39, 0.29) is 29.0 Å². The summed E-state index contributed by atoms with van der Waals surface area (Å²) in [5.74, 6) is 1.07. The number of hydrogen-bond acceptors (Lipinski definition) is 10. The van der Waals surface area contributed by atoms with Gasteiger partial charge >= 0.3 is 0 Å². The molecule has 0 aliphatic rings. The number of hydrogen-bond donors (Lipinski definition) is 4. The van der Waals surface area contributed by atoms with E-state index in [4.69, 9.17) is 4.74 Å². The van der Waals surface area contributed by atoms with Gasteiger partial charge in [0.15, 0.2) is 11.5 Å². The highest BCUT2D eigenvalue weighted by atomic mass is 16.5. The molecule has 4 N–H and O–H groups in total. The second-order valence-corrected chi connectivity index (χ2v) is 8.22. The highest BCUT2D eigenvalue weighted by Gasteiger charge is 2.20. The second-order valence-electron chi connectivity index (χ2n) is 8.22. The summed E-state index contributed by atoms with van der Waals surface area (Å²) in [5.41, 5.74) is -0.734. The third kappa shape index (κ3) is 5.04. The number of amides is 1. The number of anilines is 3. The van der Waals surface area contributed by atoms with E-state index in [2.05, 4.69) is 36.2 Å². The Morgan fingerprint density at radius 3 is 2.69 bits per heavy atom. The molecule has 35 heavy (non-hydrogen) atoms. The number of methoxy groups -OCH3 is 1. The predicted octanol–water partition coefficient (Wildman–Crippen LogP) is 0.965. The summed E-state index contributed by atoms with van der Waals surface area (Å²) in [7, 11) is 3.18. The van der Waals surface area contributed by atoms with Crippen molar-refractivity contribution in [2.24, 2.45) is 0 Å². The van der Waals surface area contributed by atoms with Crippen molar-refractivity contribution in [1.82, 2.24) is 34.7 Å². The Bertz CT molecular complexity index is 1420. The third-order valence-electron chi connectivity index (χ3n) is 4.95. The molecule has 4 rings (SSSR count). The lowest BCUT2D eigenvalue weighted by Gasteiger charge is -2.17. The van der Waals surface area contributed by atoms with E-state index < -0.39 is 11.5 Å². The number of ether oxygens (including phenoxy) is 1. The smallest absolute Gasteiger partial charge is 0.280 e. The zero-order chi connectivity index (χ0) is 25.2. The van der Waals surface area contributed by atoms with Crippen LogP contribution < -0.4 is 26.2 Å². The summed E-state index contributed by atoms with van der Waals surface area (Å²) in [6.07, 6.45) is 2.96. The minimum atomic E-state index is -1.07. The van der Waals surface area contributed by atoms with E-state index in [0.717, 1.165) is 0 Å². The lowest BCUT2D eigenvalue weighted by molar-refractivity contribution is 0.0695. The van der Waals surface area contributed by atoms with Crippen LogP contribution >= 0.6 is 0 Å². The topological polar surface area (TPSA) is 161 Å². The summed E-state index contributed by atoms with van der Waals surface area (Å²) in [6, 6.07) is 8.16. The summed E-state index contributed by atoms with van der Waals surface area (Å²) in [6.45, 7) is 3.23. The van der Waals surface area contributed by atoms with Crippen LogP contribution in [0.1, 0.15) is 24.2 Å². The number of nitrogens with one attached hydrogen (secondary N) is 3. The van der Waals surface area contributed by atoms with Gasteiger partial charge in [-0.3, -0.25) is 14.2 Å². The van der Waals surface area contributed by atoms with Crippen LogP contribution in [0, 0.1) is 0 Å². The van der Waals surface area contributed by atoms with E-state index in [1.807, 2.05) is 0 Å². The van der Waals surface area contributed by atoms with Gasteiger partial charge in [0.05, 0.1) is 18.9 Å². The van der Waals surface area contributed by atoms with Crippen molar-refractivity contribution in [2.75, 3.05) is 31.3 Å². The molecule has 4 aromatic heterocycles. The fourth-order valence-corrected chi connectivity index (χ4v) is 3.21. The van der Waals surface area contributed by atoms with E-state index in [9.17, 15) is 14.7 Å². The van der Waals surface area contributed by atoms with Crippen molar-refractivity contribution in [1.29, 1.82) is 0 Å². The Balaban J connectivity index is 1.69. The van der Waals surface area contributed by atoms with Gasteiger partial charge in [-0.1, -0.05) is 0 Å². The Kier molecular flexibility index (Phi) is 6.34. The van der Waals surface area contributed by atoms with Gasteiger partial charge in [0.2, 0.25) is 5.88 Å². The molecule has 0 radical (unpaired) electrons. The molecule has 0 atom stereocenters. The molecule has 0 saturated carbocycles. The molecule has 0 aromatic carbocycles. The monoisotopic (exact) mass is 479 g/mol. The lowest BCUT2D eigenvalue weighted by atomic mass is 10.1. The summed E-state index contributed by atoms with van der Waals surface area (Å²) >= 11 is 0. The van der Waals surface area contributed by atoms with Crippen LogP contribution in [0.5, 0.6) is 5.88 Å². The second kappa shape index (κ2) is 9.38. The minimum absolute atomic E-state index is 0.0534. The Morgan fingerprint density at radius 2 is 2.03 bits per heavy atom. The zero-order valence-electron chi connectivity index (χ0n) is 19.6. The van der Waals surface area contributed by atoms with Gasteiger partial charge in [-0.2, -0.15) is 9.61 Å². The Morgan fingerprint density at radius 1 is 1.23 bits per heavy atom. The molecule has 0 saturated heterocycles. The van der Waals surface area contributed by atoms with Crippen LogP contribution in [-0.2, 0) is 0 Å². The van der Waals surface area contributed by atoms with Crippen LogP contribution in [0.25, 0.3) is 11.5 Å². The van der Waals surface area contributed by atoms with E-state index in [1.54, 1.807) is 57.4 Å². The minimum Gasteiger partial charge on any atom is -0.480 e. The maximum Gasteiger partial charge on any atom is 0.280 e. The first-order valence-corrected chi connectivity index (χ1v) is 10.6. The predicted molar refractivity (Wildman–Crippen MR) is 129 cm³/mol. The highest BCUT2D eigenvalue weighted by molar-refractivity contribution is 6.00. The average Bonchev–Trinajstić information content (AvgIpc) is 3.27. The zero-order valence-corrected chi connectivity index (χ0v) is 19.6. The molecule has 4 heterocycles. The molecule has 4 aromatic rings. The van der Waals surface area contributed by atoms with Gasteiger partial charge in [-0.15, -0.1) is 10.2 Å². The molecule has 0 bridgehead atoms. The molecular weight excluding hydrogens is 454 g/mol. The molecule has 13 nitrogen and oxygen atoms in total. The first-order valence-electron chi connectivity index (χ1n) is 10.6. The standard InChI is InChI=1S/C22H25N9O4/c1-22(2,34)12-24-20(32)13-11-25-31-17(23-3)10-15(27-19(13)31)26-14-6-5-9-30(21(14)33)16-7-8-18(35-4)29-28-16/h5-11,23,34H,12H2,1-4H3,(H,24,32)(H,26,27). The molecule has 13 heteroatoms. The van der Waals surface area contributed by atoms with E-state index in [1.165, 1.54) is 22.4 Å². The molecule has 0 unspecified atom stereocenters. The summed E-state index contributed by atoms with van der Waals surface area (Å²) < 4.78 is 7.82. The Hall–Kier alpha value is -4.52. The van der Waals surface area contributed by atoms with Gasteiger partial charge in [0, 0.05) is 31.9 Å². The van der Waals surface area contributed by atoms with E-state index >= 15 is 0 Å².